The minimum atomic E-state index is -0.509. The maximum Gasteiger partial charge on any atom is 0.410 e. The van der Waals surface area contributed by atoms with Crippen molar-refractivity contribution in [1.29, 1.82) is 0 Å². The summed E-state index contributed by atoms with van der Waals surface area (Å²) in [5, 5.41) is 0.155. The van der Waals surface area contributed by atoms with Crippen molar-refractivity contribution in [2.45, 2.75) is 52.6 Å². The molecular weight excluding hydrogens is 294 g/mol. The molecule has 0 aliphatic carbocycles. The number of hydrogen-bond acceptors (Lipinski definition) is 4. The highest BCUT2D eigenvalue weighted by molar-refractivity contribution is 6.41. The molecule has 0 spiro atoms. The predicted octanol–water partition coefficient (Wildman–Crippen LogP) is 3.46. The van der Waals surface area contributed by atoms with Gasteiger partial charge in [0.1, 0.15) is 10.6 Å². The van der Waals surface area contributed by atoms with Gasteiger partial charge in [0.2, 0.25) is 0 Å². The molecule has 1 fully saturated rings. The number of halogens is 1. The largest absolute Gasteiger partial charge is 0.462 e. The molecule has 0 aromatic carbocycles. The van der Waals surface area contributed by atoms with Gasteiger partial charge in [-0.1, -0.05) is 11.6 Å². The molecule has 1 amide bonds. The van der Waals surface area contributed by atoms with Gasteiger partial charge in [-0.15, -0.1) is 0 Å². The highest BCUT2D eigenvalue weighted by Gasteiger charge is 2.25. The Hall–Kier alpha value is -1.23. The first kappa shape index (κ1) is 17.8. The first-order chi connectivity index (χ1) is 9.74. The van der Waals surface area contributed by atoms with Gasteiger partial charge in [0.05, 0.1) is 6.61 Å². The number of ether oxygens (including phenoxy) is 2. The van der Waals surface area contributed by atoms with E-state index in [2.05, 4.69) is 0 Å². The fraction of sp³-hybridized carbons (Fsp3) is 0.733. The van der Waals surface area contributed by atoms with E-state index in [-0.39, 0.29) is 11.1 Å². The number of hydrogen-bond donors (Lipinski definition) is 0. The number of nitrogens with zero attached hydrogens (tertiary/aromatic N) is 1. The lowest BCUT2D eigenvalue weighted by Gasteiger charge is -2.26. The summed E-state index contributed by atoms with van der Waals surface area (Å²) in [4.78, 5) is 25.3. The summed E-state index contributed by atoms with van der Waals surface area (Å²) in [7, 11) is 0. The van der Waals surface area contributed by atoms with Crippen molar-refractivity contribution < 1.29 is 19.1 Å². The van der Waals surface area contributed by atoms with Gasteiger partial charge < -0.3 is 14.4 Å². The molecule has 1 aliphatic heterocycles. The Labute approximate surface area is 131 Å². The Morgan fingerprint density at radius 3 is 2.48 bits per heavy atom. The fourth-order valence-electron chi connectivity index (χ4n) is 2.06. The lowest BCUT2D eigenvalue weighted by atomic mass is 10.1. The van der Waals surface area contributed by atoms with Crippen molar-refractivity contribution in [2.75, 3.05) is 19.7 Å². The Morgan fingerprint density at radius 1 is 1.24 bits per heavy atom. The van der Waals surface area contributed by atoms with Crippen molar-refractivity contribution in [3.8, 4) is 0 Å². The van der Waals surface area contributed by atoms with Crippen LogP contribution in [0.25, 0.3) is 0 Å². The highest BCUT2D eigenvalue weighted by atomic mass is 35.5. The Bertz CT molecular complexity index is 426. The molecule has 21 heavy (non-hydrogen) atoms. The molecule has 0 unspecified atom stereocenters. The van der Waals surface area contributed by atoms with Gasteiger partial charge >= 0.3 is 12.1 Å². The third-order valence-corrected chi connectivity index (χ3v) is 3.43. The molecule has 120 valence electrons. The molecule has 1 rings (SSSR count). The zero-order valence-corrected chi connectivity index (χ0v) is 14.0. The molecule has 0 aromatic rings. The Balaban J connectivity index is 2.68. The number of likely N-dealkylation sites (tertiary alicyclic amines) is 1. The van der Waals surface area contributed by atoms with Crippen LogP contribution in [0.5, 0.6) is 0 Å². The molecule has 0 saturated carbocycles. The van der Waals surface area contributed by atoms with Crippen LogP contribution in [0.1, 0.15) is 47.0 Å². The summed E-state index contributed by atoms with van der Waals surface area (Å²) in [5.41, 5.74) is 0.339. The number of rotatable bonds is 2. The normalized spacial score (nSPS) is 18.8. The third kappa shape index (κ3) is 5.96. The summed E-state index contributed by atoms with van der Waals surface area (Å²) in [6, 6.07) is 0. The summed E-state index contributed by atoms with van der Waals surface area (Å²) < 4.78 is 10.3. The zero-order valence-electron chi connectivity index (χ0n) is 13.2. The lowest BCUT2D eigenvalue weighted by Crippen LogP contribution is -2.37. The van der Waals surface area contributed by atoms with Crippen LogP contribution in [-0.4, -0.2) is 42.3 Å². The van der Waals surface area contributed by atoms with E-state index >= 15 is 0 Å². The average molecular weight is 318 g/mol. The number of amides is 1. The number of carbonyl (C=O) groups excluding carboxylic acids is 2. The molecule has 1 heterocycles. The standard InChI is InChI=1S/C15H24ClNO4/c1-5-20-13(18)12(16)11-7-6-9-17(10-8-11)14(19)21-15(2,3)4/h5-10H2,1-4H3. The molecule has 1 saturated heterocycles. The maximum absolute atomic E-state index is 12.0. The van der Waals surface area contributed by atoms with E-state index in [0.717, 1.165) is 12.0 Å². The van der Waals surface area contributed by atoms with Gasteiger partial charge in [-0.05, 0) is 52.5 Å². The van der Waals surface area contributed by atoms with Gasteiger partial charge in [-0.25, -0.2) is 9.59 Å². The fourth-order valence-corrected chi connectivity index (χ4v) is 2.30. The minimum Gasteiger partial charge on any atom is -0.462 e. The molecule has 0 aromatic heterocycles. The lowest BCUT2D eigenvalue weighted by molar-refractivity contribution is -0.137. The Kier molecular flexibility index (Phi) is 6.52. The van der Waals surface area contributed by atoms with Crippen molar-refractivity contribution in [3.05, 3.63) is 10.6 Å². The molecule has 6 heteroatoms. The minimum absolute atomic E-state index is 0.155. The van der Waals surface area contributed by atoms with Crippen molar-refractivity contribution in [2.24, 2.45) is 0 Å². The van der Waals surface area contributed by atoms with E-state index in [9.17, 15) is 9.59 Å². The van der Waals surface area contributed by atoms with E-state index in [0.29, 0.717) is 32.5 Å². The first-order valence-corrected chi connectivity index (χ1v) is 7.65. The second-order valence-electron chi connectivity index (χ2n) is 5.96. The number of carbonyl (C=O) groups is 2. The van der Waals surface area contributed by atoms with Crippen molar-refractivity contribution in [3.63, 3.8) is 0 Å². The predicted molar refractivity (Wildman–Crippen MR) is 81.2 cm³/mol. The molecule has 5 nitrogen and oxygen atoms in total. The molecule has 0 radical (unpaired) electrons. The maximum atomic E-state index is 12.0. The number of esters is 1. The third-order valence-electron chi connectivity index (χ3n) is 3.01. The van der Waals surface area contributed by atoms with Gasteiger partial charge in [-0.3, -0.25) is 0 Å². The SMILES string of the molecule is CCOC(=O)C(Cl)=C1CCCN(C(=O)OC(C)(C)C)CC1. The second kappa shape index (κ2) is 7.69. The smallest absolute Gasteiger partial charge is 0.410 e. The van der Waals surface area contributed by atoms with E-state index < -0.39 is 11.6 Å². The molecule has 0 bridgehead atoms. The summed E-state index contributed by atoms with van der Waals surface area (Å²) in [6.45, 7) is 8.66. The molecule has 1 aliphatic rings. The monoisotopic (exact) mass is 317 g/mol. The van der Waals surface area contributed by atoms with Crippen LogP contribution in [0, 0.1) is 0 Å². The first-order valence-electron chi connectivity index (χ1n) is 7.27. The summed E-state index contributed by atoms with van der Waals surface area (Å²) >= 11 is 6.07. The van der Waals surface area contributed by atoms with Crippen LogP contribution in [0.15, 0.2) is 10.6 Å². The molecule has 0 atom stereocenters. The summed E-state index contributed by atoms with van der Waals surface area (Å²) in [6.07, 6.45) is 1.69. The van der Waals surface area contributed by atoms with Crippen molar-refractivity contribution >= 4 is 23.7 Å². The van der Waals surface area contributed by atoms with Gasteiger partial charge in [0.25, 0.3) is 0 Å². The van der Waals surface area contributed by atoms with Gasteiger partial charge in [-0.2, -0.15) is 0 Å². The van der Waals surface area contributed by atoms with E-state index in [1.807, 2.05) is 20.8 Å². The van der Waals surface area contributed by atoms with Crippen LogP contribution in [-0.2, 0) is 14.3 Å². The quantitative estimate of drug-likeness (QED) is 0.578. The summed E-state index contributed by atoms with van der Waals surface area (Å²) in [5.74, 6) is -0.486. The van der Waals surface area contributed by atoms with E-state index in [4.69, 9.17) is 21.1 Å². The molecule has 0 N–H and O–H groups in total. The molecular formula is C15H24ClNO4. The van der Waals surface area contributed by atoms with Crippen LogP contribution in [0.2, 0.25) is 0 Å². The van der Waals surface area contributed by atoms with Gasteiger partial charge in [0.15, 0.2) is 0 Å². The highest BCUT2D eigenvalue weighted by Crippen LogP contribution is 2.24. The Morgan fingerprint density at radius 2 is 1.90 bits per heavy atom. The average Bonchev–Trinajstić information content (AvgIpc) is 2.61. The van der Waals surface area contributed by atoms with Crippen LogP contribution >= 0.6 is 11.6 Å². The van der Waals surface area contributed by atoms with Crippen molar-refractivity contribution in [1.82, 2.24) is 4.90 Å². The second-order valence-corrected chi connectivity index (χ2v) is 6.34. The van der Waals surface area contributed by atoms with Crippen LogP contribution in [0.4, 0.5) is 4.79 Å². The van der Waals surface area contributed by atoms with Crippen LogP contribution in [0.3, 0.4) is 0 Å². The van der Waals surface area contributed by atoms with E-state index in [1.54, 1.807) is 11.8 Å². The zero-order chi connectivity index (χ0) is 16.0. The van der Waals surface area contributed by atoms with Crippen LogP contribution < -0.4 is 0 Å². The topological polar surface area (TPSA) is 55.8 Å². The van der Waals surface area contributed by atoms with Gasteiger partial charge in [0, 0.05) is 13.1 Å². The van der Waals surface area contributed by atoms with E-state index in [1.165, 1.54) is 0 Å².